The molecule has 0 bridgehead atoms. The van der Waals surface area contributed by atoms with E-state index in [9.17, 15) is 4.79 Å². The fourth-order valence-electron chi connectivity index (χ4n) is 3.69. The third-order valence-corrected chi connectivity index (χ3v) is 5.65. The van der Waals surface area contributed by atoms with Crippen molar-refractivity contribution in [1.82, 2.24) is 4.90 Å². The summed E-state index contributed by atoms with van der Waals surface area (Å²) in [6.07, 6.45) is 3.39. The molecule has 2 aromatic carbocycles. The van der Waals surface area contributed by atoms with Gasteiger partial charge < -0.3 is 4.42 Å². The minimum atomic E-state index is -0.269. The molecule has 3 nitrogen and oxygen atoms in total. The van der Waals surface area contributed by atoms with Crippen LogP contribution < -0.4 is 5.63 Å². The summed E-state index contributed by atoms with van der Waals surface area (Å²) in [6, 6.07) is 14.2. The molecule has 4 heteroatoms. The Morgan fingerprint density at radius 2 is 1.76 bits per heavy atom. The molecule has 4 rings (SSSR count). The Balaban J connectivity index is 1.66. The molecule has 0 spiro atoms. The first-order chi connectivity index (χ1) is 12.1. The van der Waals surface area contributed by atoms with E-state index in [1.54, 1.807) is 6.07 Å². The quantitative estimate of drug-likeness (QED) is 0.599. The zero-order valence-electron chi connectivity index (χ0n) is 14.2. The van der Waals surface area contributed by atoms with Crippen molar-refractivity contribution >= 4 is 26.9 Å². The van der Waals surface area contributed by atoms with E-state index >= 15 is 0 Å². The first-order valence-electron chi connectivity index (χ1n) is 8.60. The van der Waals surface area contributed by atoms with Gasteiger partial charge in [0.1, 0.15) is 5.58 Å². The molecular weight excluding hydrogens is 378 g/mol. The van der Waals surface area contributed by atoms with E-state index in [-0.39, 0.29) is 5.63 Å². The number of hydrogen-bond acceptors (Lipinski definition) is 3. The zero-order valence-corrected chi connectivity index (χ0v) is 15.8. The topological polar surface area (TPSA) is 33.5 Å². The molecule has 0 atom stereocenters. The maximum atomic E-state index is 12.0. The van der Waals surface area contributed by atoms with Gasteiger partial charge in [-0.25, -0.2) is 4.79 Å². The summed E-state index contributed by atoms with van der Waals surface area (Å²) in [5.74, 6) is 0. The van der Waals surface area contributed by atoms with E-state index in [0.29, 0.717) is 6.54 Å². The highest BCUT2D eigenvalue weighted by molar-refractivity contribution is 9.10. The Bertz CT molecular complexity index is 993. The largest absolute Gasteiger partial charge is 0.423 e. The Labute approximate surface area is 155 Å². The molecule has 25 heavy (non-hydrogen) atoms. The Morgan fingerprint density at radius 3 is 2.56 bits per heavy atom. The van der Waals surface area contributed by atoms with Gasteiger partial charge in [0.15, 0.2) is 0 Å². The first-order valence-corrected chi connectivity index (χ1v) is 9.40. The fraction of sp³-hybridized carbons (Fsp3) is 0.286. The van der Waals surface area contributed by atoms with Crippen LogP contribution in [0.3, 0.4) is 0 Å². The summed E-state index contributed by atoms with van der Waals surface area (Å²) in [7, 11) is 2.08. The van der Waals surface area contributed by atoms with Gasteiger partial charge >= 0.3 is 5.63 Å². The molecule has 3 aromatic rings. The predicted octanol–water partition coefficient (Wildman–Crippen LogP) is 4.68. The van der Waals surface area contributed by atoms with E-state index in [2.05, 4.69) is 52.1 Å². The lowest BCUT2D eigenvalue weighted by atomic mass is 10.0. The summed E-state index contributed by atoms with van der Waals surface area (Å²) in [5.41, 5.74) is 5.45. The third kappa shape index (κ3) is 3.42. The average molecular weight is 398 g/mol. The number of hydrogen-bond donors (Lipinski definition) is 0. The highest BCUT2D eigenvalue weighted by Gasteiger charge is 2.16. The molecular formula is C21H20BrNO2. The number of fused-ring (bicyclic) bond motifs is 2. The highest BCUT2D eigenvalue weighted by atomic mass is 79.9. The second kappa shape index (κ2) is 6.77. The number of rotatable bonds is 4. The van der Waals surface area contributed by atoms with Crippen LogP contribution in [-0.4, -0.2) is 11.9 Å². The molecule has 0 radical (unpaired) electrons. The summed E-state index contributed by atoms with van der Waals surface area (Å²) in [5, 5.41) is 1.07. The van der Waals surface area contributed by atoms with Crippen molar-refractivity contribution in [1.29, 1.82) is 0 Å². The van der Waals surface area contributed by atoms with Gasteiger partial charge in [-0.15, -0.1) is 0 Å². The summed E-state index contributed by atoms with van der Waals surface area (Å²) < 4.78 is 6.57. The smallest absolute Gasteiger partial charge is 0.336 e. The monoisotopic (exact) mass is 397 g/mol. The van der Waals surface area contributed by atoms with E-state index < -0.39 is 0 Å². The first kappa shape index (κ1) is 16.6. The number of nitrogens with zero attached hydrogens (tertiary/aromatic N) is 1. The van der Waals surface area contributed by atoms with Gasteiger partial charge in [0.05, 0.1) is 0 Å². The third-order valence-electron chi connectivity index (χ3n) is 4.88. The molecule has 0 fully saturated rings. The minimum Gasteiger partial charge on any atom is -0.423 e. The van der Waals surface area contributed by atoms with Crippen molar-refractivity contribution in [3.8, 4) is 0 Å². The van der Waals surface area contributed by atoms with Crippen molar-refractivity contribution < 1.29 is 4.42 Å². The second-order valence-corrected chi connectivity index (χ2v) is 7.68. The van der Waals surface area contributed by atoms with Crippen LogP contribution in [0, 0.1) is 0 Å². The lowest BCUT2D eigenvalue weighted by Crippen LogP contribution is -2.18. The highest BCUT2D eigenvalue weighted by Crippen LogP contribution is 2.29. The van der Waals surface area contributed by atoms with Crippen molar-refractivity contribution in [3.05, 3.63) is 79.6 Å². The summed E-state index contributed by atoms with van der Waals surface area (Å²) in [6.45, 7) is 1.52. The van der Waals surface area contributed by atoms with Gasteiger partial charge in [-0.1, -0.05) is 34.1 Å². The molecule has 0 aliphatic heterocycles. The lowest BCUT2D eigenvalue weighted by molar-refractivity contribution is 0.319. The van der Waals surface area contributed by atoms with Gasteiger partial charge in [-0.05, 0) is 66.8 Å². The van der Waals surface area contributed by atoms with Gasteiger partial charge in [0.25, 0.3) is 0 Å². The van der Waals surface area contributed by atoms with Crippen molar-refractivity contribution in [2.45, 2.75) is 32.4 Å². The Hall–Kier alpha value is -1.91. The van der Waals surface area contributed by atoms with Crippen molar-refractivity contribution in [2.75, 3.05) is 7.05 Å². The van der Waals surface area contributed by atoms with Crippen LogP contribution in [0.15, 0.2) is 56.1 Å². The van der Waals surface area contributed by atoms with E-state index in [4.69, 9.17) is 4.42 Å². The van der Waals surface area contributed by atoms with E-state index in [1.807, 2.05) is 12.1 Å². The Kier molecular flexibility index (Phi) is 4.48. The van der Waals surface area contributed by atoms with Crippen LogP contribution in [0.2, 0.25) is 0 Å². The van der Waals surface area contributed by atoms with Crippen LogP contribution in [0.1, 0.15) is 28.7 Å². The molecule has 0 saturated heterocycles. The normalized spacial score (nSPS) is 13.6. The lowest BCUT2D eigenvalue weighted by Gasteiger charge is -2.18. The molecule has 128 valence electrons. The maximum Gasteiger partial charge on any atom is 0.336 e. The van der Waals surface area contributed by atoms with Crippen LogP contribution in [-0.2, 0) is 25.9 Å². The van der Waals surface area contributed by atoms with Crippen molar-refractivity contribution in [3.63, 3.8) is 0 Å². The second-order valence-electron chi connectivity index (χ2n) is 6.83. The Morgan fingerprint density at radius 1 is 1.04 bits per heavy atom. The van der Waals surface area contributed by atoms with Gasteiger partial charge in [-0.2, -0.15) is 0 Å². The molecule has 1 aromatic heterocycles. The standard InChI is InChI=1S/C21H20BrNO2/c1-23(12-16-5-2-3-8-19(16)22)13-17-11-21(24)25-20-10-15-7-4-6-14(15)9-18(17)20/h2-3,5,8-11H,4,6-7,12-13H2,1H3. The number of aryl methyl sites for hydroxylation is 2. The average Bonchev–Trinajstić information content (AvgIpc) is 3.02. The van der Waals surface area contributed by atoms with Gasteiger partial charge in [-0.3, -0.25) is 4.90 Å². The SMILES string of the molecule is CN(Cc1ccccc1Br)Cc1cc(=O)oc2cc3c(cc12)CCC3. The molecule has 1 aliphatic carbocycles. The minimum absolute atomic E-state index is 0.269. The predicted molar refractivity (Wildman–Crippen MR) is 104 cm³/mol. The van der Waals surface area contributed by atoms with Crippen LogP contribution >= 0.6 is 15.9 Å². The molecule has 0 N–H and O–H groups in total. The van der Waals surface area contributed by atoms with Crippen molar-refractivity contribution in [2.24, 2.45) is 0 Å². The van der Waals surface area contributed by atoms with Gasteiger partial charge in [0.2, 0.25) is 0 Å². The zero-order chi connectivity index (χ0) is 17.4. The summed E-state index contributed by atoms with van der Waals surface area (Å²) in [4.78, 5) is 14.2. The molecule has 0 unspecified atom stereocenters. The van der Waals surface area contributed by atoms with Gasteiger partial charge in [0, 0.05) is 29.0 Å². The molecule has 1 aliphatic rings. The number of benzene rings is 2. The summed E-state index contributed by atoms with van der Waals surface area (Å²) >= 11 is 3.60. The van der Waals surface area contributed by atoms with E-state index in [1.165, 1.54) is 23.1 Å². The molecule has 0 saturated carbocycles. The molecule has 1 heterocycles. The van der Waals surface area contributed by atoms with Crippen LogP contribution in [0.5, 0.6) is 0 Å². The van der Waals surface area contributed by atoms with Crippen LogP contribution in [0.4, 0.5) is 0 Å². The van der Waals surface area contributed by atoms with E-state index in [0.717, 1.165) is 40.4 Å². The fourth-order valence-corrected chi connectivity index (χ4v) is 4.10. The number of halogens is 1. The molecule has 0 amide bonds. The van der Waals surface area contributed by atoms with Crippen LogP contribution in [0.25, 0.3) is 11.0 Å². The maximum absolute atomic E-state index is 12.0.